The number of piperazine rings is 1. The highest BCUT2D eigenvalue weighted by Crippen LogP contribution is 2.37. The second-order valence-electron chi connectivity index (χ2n) is 12.0. The van der Waals surface area contributed by atoms with E-state index in [1.807, 2.05) is 0 Å². The fourth-order valence-electron chi connectivity index (χ4n) is 7.18. The van der Waals surface area contributed by atoms with Gasteiger partial charge < -0.3 is 24.3 Å². The molecule has 41 heavy (non-hydrogen) atoms. The van der Waals surface area contributed by atoms with E-state index in [2.05, 4.69) is 58.7 Å². The number of carbonyl (C=O) groups is 1. The average Bonchev–Trinajstić information content (AvgIpc) is 3.43. The minimum absolute atomic E-state index is 0.121. The molecule has 1 aromatic heterocycles. The van der Waals surface area contributed by atoms with Crippen LogP contribution >= 0.6 is 0 Å². The predicted octanol–water partition coefficient (Wildman–Crippen LogP) is 3.23. The highest BCUT2D eigenvalue weighted by molar-refractivity contribution is 5.87. The Morgan fingerprint density at radius 1 is 1.15 bits per heavy atom. The molecule has 0 bridgehead atoms. The van der Waals surface area contributed by atoms with Gasteiger partial charge in [0.05, 0.1) is 30.8 Å². The summed E-state index contributed by atoms with van der Waals surface area (Å²) in [5, 5.41) is 9.51. The van der Waals surface area contributed by atoms with Crippen LogP contribution in [0.1, 0.15) is 42.5 Å². The van der Waals surface area contributed by atoms with E-state index in [0.717, 1.165) is 63.3 Å². The molecule has 0 radical (unpaired) electrons. The summed E-state index contributed by atoms with van der Waals surface area (Å²) in [6.07, 6.45) is 7.86. The van der Waals surface area contributed by atoms with Crippen molar-refractivity contribution in [2.75, 3.05) is 62.7 Å². The fraction of sp³-hybridized carbons (Fsp3) is 0.562. The molecule has 2 fully saturated rings. The molecule has 1 aliphatic carbocycles. The van der Waals surface area contributed by atoms with Gasteiger partial charge in [0.15, 0.2) is 0 Å². The average molecular weight is 556 g/mol. The van der Waals surface area contributed by atoms with E-state index in [-0.39, 0.29) is 18.4 Å². The van der Waals surface area contributed by atoms with E-state index >= 15 is 0 Å². The summed E-state index contributed by atoms with van der Waals surface area (Å²) in [5.41, 5.74) is 5.08. The maximum absolute atomic E-state index is 12.5. The second-order valence-corrected chi connectivity index (χ2v) is 12.0. The summed E-state index contributed by atoms with van der Waals surface area (Å²) < 4.78 is 6.30. The van der Waals surface area contributed by atoms with Gasteiger partial charge in [0.1, 0.15) is 5.82 Å². The number of anilines is 2. The van der Waals surface area contributed by atoms with Gasteiger partial charge in [0.2, 0.25) is 5.91 Å². The Morgan fingerprint density at radius 2 is 2.02 bits per heavy atom. The summed E-state index contributed by atoms with van der Waals surface area (Å²) in [7, 11) is 2.15. The third-order valence-corrected chi connectivity index (χ3v) is 9.30. The van der Waals surface area contributed by atoms with Crippen LogP contribution in [0.5, 0.6) is 6.01 Å². The number of likely N-dealkylation sites (tertiary alicyclic amines) is 1. The lowest BCUT2D eigenvalue weighted by Crippen LogP contribution is -2.55. The largest absolute Gasteiger partial charge is 0.463 e. The first-order valence-electron chi connectivity index (χ1n) is 15.1. The number of aryl methyl sites for hydroxylation is 1. The monoisotopic (exact) mass is 555 g/mol. The van der Waals surface area contributed by atoms with Crippen LogP contribution < -0.4 is 14.5 Å². The molecule has 4 heterocycles. The van der Waals surface area contributed by atoms with Crippen LogP contribution in [0.4, 0.5) is 11.5 Å². The molecule has 1 amide bonds. The number of nitrogens with zero attached hydrogens (tertiary/aromatic N) is 7. The Morgan fingerprint density at radius 3 is 2.83 bits per heavy atom. The van der Waals surface area contributed by atoms with Crippen molar-refractivity contribution in [3.05, 3.63) is 53.7 Å². The first-order valence-corrected chi connectivity index (χ1v) is 15.1. The van der Waals surface area contributed by atoms with E-state index in [9.17, 15) is 10.1 Å². The number of fused-ring (bicyclic) bond motifs is 2. The van der Waals surface area contributed by atoms with Crippen LogP contribution in [0, 0.1) is 17.2 Å². The maximum atomic E-state index is 12.5. The number of hydrogen-bond acceptors (Lipinski definition) is 8. The molecule has 3 atom stereocenters. The zero-order valence-electron chi connectivity index (χ0n) is 24.2. The van der Waals surface area contributed by atoms with Crippen LogP contribution in [0.25, 0.3) is 0 Å². The Kier molecular flexibility index (Phi) is 8.11. The van der Waals surface area contributed by atoms with Crippen molar-refractivity contribution >= 4 is 17.4 Å². The molecule has 9 heteroatoms. The number of benzene rings is 1. The van der Waals surface area contributed by atoms with Gasteiger partial charge in [-0.1, -0.05) is 24.8 Å². The molecule has 2 saturated heterocycles. The highest BCUT2D eigenvalue weighted by Gasteiger charge is 2.35. The normalized spacial score (nSPS) is 24.4. The van der Waals surface area contributed by atoms with Crippen molar-refractivity contribution in [1.82, 2.24) is 19.8 Å². The predicted molar refractivity (Wildman–Crippen MR) is 159 cm³/mol. The maximum Gasteiger partial charge on any atom is 0.318 e. The number of hydrogen-bond donors (Lipinski definition) is 0. The van der Waals surface area contributed by atoms with Crippen molar-refractivity contribution in [3.8, 4) is 12.1 Å². The number of nitriles is 1. The molecule has 2 unspecified atom stereocenters. The van der Waals surface area contributed by atoms with Crippen LogP contribution in [-0.2, 0) is 24.1 Å². The van der Waals surface area contributed by atoms with E-state index in [4.69, 9.17) is 14.7 Å². The van der Waals surface area contributed by atoms with Gasteiger partial charge in [0.25, 0.3) is 0 Å². The second kappa shape index (κ2) is 12.1. The molecule has 4 aliphatic rings. The number of amides is 1. The zero-order valence-corrected chi connectivity index (χ0v) is 24.2. The number of carbonyl (C=O) groups excluding carboxylic acids is 1. The summed E-state index contributed by atoms with van der Waals surface area (Å²) >= 11 is 0. The van der Waals surface area contributed by atoms with E-state index in [0.29, 0.717) is 44.2 Å². The standard InChI is InChI=1S/C32H41N7O2/c1-3-30(40)39-18-17-37(21-26(39)12-14-33)31-27-11-10-25(38-15-6-8-24-7-4-5-9-29(24)38)19-28(27)34-32(35-31)41-22-23-13-16-36(2)20-23/h3-5,7,9,23,25-26H,1,6,8,10-13,15-22H2,2H3/t23?,25?,26-/m0/s1. The van der Waals surface area contributed by atoms with Gasteiger partial charge in [-0.3, -0.25) is 4.79 Å². The highest BCUT2D eigenvalue weighted by atomic mass is 16.5. The van der Waals surface area contributed by atoms with Gasteiger partial charge in [0, 0.05) is 62.4 Å². The first-order chi connectivity index (χ1) is 20.0. The number of rotatable bonds is 7. The Hall–Kier alpha value is -3.64. The lowest BCUT2D eigenvalue weighted by Gasteiger charge is -2.43. The smallest absolute Gasteiger partial charge is 0.318 e. The molecule has 1 aromatic carbocycles. The zero-order chi connectivity index (χ0) is 28.3. The minimum atomic E-state index is -0.204. The van der Waals surface area contributed by atoms with Crippen molar-refractivity contribution in [3.63, 3.8) is 0 Å². The molecular formula is C32H41N7O2. The van der Waals surface area contributed by atoms with Crippen molar-refractivity contribution in [2.24, 2.45) is 5.92 Å². The van der Waals surface area contributed by atoms with E-state index in [1.54, 1.807) is 4.90 Å². The lowest BCUT2D eigenvalue weighted by atomic mass is 9.88. The summed E-state index contributed by atoms with van der Waals surface area (Å²) in [5.74, 6) is 1.28. The van der Waals surface area contributed by atoms with Gasteiger partial charge in [-0.05, 0) is 63.4 Å². The number of aromatic nitrogens is 2. The Bertz CT molecular complexity index is 1320. The van der Waals surface area contributed by atoms with E-state index in [1.165, 1.54) is 29.3 Å². The van der Waals surface area contributed by atoms with Crippen molar-refractivity contribution < 1.29 is 9.53 Å². The molecule has 0 N–H and O–H groups in total. The topological polar surface area (TPSA) is 88.8 Å². The molecule has 0 spiro atoms. The Balaban J connectivity index is 1.29. The van der Waals surface area contributed by atoms with E-state index < -0.39 is 0 Å². The molecule has 6 rings (SSSR count). The third kappa shape index (κ3) is 5.76. The van der Waals surface area contributed by atoms with Crippen LogP contribution in [-0.4, -0.2) is 90.7 Å². The molecule has 2 aromatic rings. The molecule has 0 saturated carbocycles. The SMILES string of the molecule is C=CC(=O)N1CCN(c2nc(OCC3CCN(C)C3)nc3c2CCC(N2CCCc4ccccc42)C3)C[C@@H]1CC#N. The summed E-state index contributed by atoms with van der Waals surface area (Å²) in [6.45, 7) is 9.23. The molecule has 3 aliphatic heterocycles. The van der Waals surface area contributed by atoms with Gasteiger partial charge in [-0.15, -0.1) is 0 Å². The van der Waals surface area contributed by atoms with Crippen LogP contribution in [0.3, 0.4) is 0 Å². The Labute approximate surface area is 243 Å². The van der Waals surface area contributed by atoms with Crippen LogP contribution in [0.2, 0.25) is 0 Å². The third-order valence-electron chi connectivity index (χ3n) is 9.30. The molecule has 9 nitrogen and oxygen atoms in total. The molecular weight excluding hydrogens is 514 g/mol. The van der Waals surface area contributed by atoms with Crippen molar-refractivity contribution in [2.45, 2.75) is 57.0 Å². The van der Waals surface area contributed by atoms with Gasteiger partial charge >= 0.3 is 6.01 Å². The molecule has 216 valence electrons. The number of para-hydroxylation sites is 1. The lowest BCUT2D eigenvalue weighted by molar-refractivity contribution is -0.128. The van der Waals surface area contributed by atoms with Crippen LogP contribution in [0.15, 0.2) is 36.9 Å². The van der Waals surface area contributed by atoms with Crippen molar-refractivity contribution in [1.29, 1.82) is 5.26 Å². The van der Waals surface area contributed by atoms with Gasteiger partial charge in [-0.25, -0.2) is 0 Å². The summed E-state index contributed by atoms with van der Waals surface area (Å²) in [4.78, 5) is 31.5. The minimum Gasteiger partial charge on any atom is -0.463 e. The van der Waals surface area contributed by atoms with Gasteiger partial charge in [-0.2, -0.15) is 15.2 Å². The summed E-state index contributed by atoms with van der Waals surface area (Å²) in [6, 6.07) is 11.7. The quantitative estimate of drug-likeness (QED) is 0.482. The first kappa shape index (κ1) is 27.5. The number of ether oxygens (including phenoxy) is 1. The fourth-order valence-corrected chi connectivity index (χ4v) is 7.18.